The van der Waals surface area contributed by atoms with E-state index in [9.17, 15) is 0 Å². The van der Waals surface area contributed by atoms with E-state index in [2.05, 4.69) is 24.0 Å². The molecule has 1 heterocycles. The SMILES string of the molecule is COc1ccccc1CCN1CCCC(N)C1C. The van der Waals surface area contributed by atoms with Gasteiger partial charge in [-0.3, -0.25) is 4.90 Å². The van der Waals surface area contributed by atoms with Gasteiger partial charge in [0.05, 0.1) is 7.11 Å². The molecule has 1 fully saturated rings. The number of hydrogen-bond acceptors (Lipinski definition) is 3. The summed E-state index contributed by atoms with van der Waals surface area (Å²) < 4.78 is 5.39. The van der Waals surface area contributed by atoms with Crippen molar-refractivity contribution in [1.82, 2.24) is 4.90 Å². The Morgan fingerprint density at radius 2 is 2.17 bits per heavy atom. The first-order chi connectivity index (χ1) is 8.72. The number of hydrogen-bond donors (Lipinski definition) is 1. The fraction of sp³-hybridized carbons (Fsp3) is 0.600. The van der Waals surface area contributed by atoms with Crippen LogP contribution in [-0.2, 0) is 6.42 Å². The maximum atomic E-state index is 6.13. The molecule has 1 aliphatic heterocycles. The molecule has 18 heavy (non-hydrogen) atoms. The second kappa shape index (κ2) is 6.21. The normalized spacial score (nSPS) is 25.1. The van der Waals surface area contributed by atoms with Crippen LogP contribution in [0.4, 0.5) is 0 Å². The number of para-hydroxylation sites is 1. The van der Waals surface area contributed by atoms with Gasteiger partial charge in [0.15, 0.2) is 0 Å². The minimum atomic E-state index is 0.330. The Morgan fingerprint density at radius 3 is 2.94 bits per heavy atom. The topological polar surface area (TPSA) is 38.5 Å². The number of rotatable bonds is 4. The van der Waals surface area contributed by atoms with E-state index in [0.29, 0.717) is 12.1 Å². The monoisotopic (exact) mass is 248 g/mol. The van der Waals surface area contributed by atoms with Crippen LogP contribution in [0.2, 0.25) is 0 Å². The molecule has 2 unspecified atom stereocenters. The molecule has 1 aliphatic rings. The zero-order valence-electron chi connectivity index (χ0n) is 11.4. The van der Waals surface area contributed by atoms with Gasteiger partial charge in [0.1, 0.15) is 5.75 Å². The molecule has 2 rings (SSSR count). The van der Waals surface area contributed by atoms with E-state index in [1.807, 2.05) is 12.1 Å². The van der Waals surface area contributed by atoms with Crippen molar-refractivity contribution in [2.75, 3.05) is 20.2 Å². The molecule has 1 saturated heterocycles. The zero-order chi connectivity index (χ0) is 13.0. The van der Waals surface area contributed by atoms with Crippen LogP contribution in [0.25, 0.3) is 0 Å². The lowest BCUT2D eigenvalue weighted by Crippen LogP contribution is -2.50. The first-order valence-electron chi connectivity index (χ1n) is 6.84. The van der Waals surface area contributed by atoms with Crippen LogP contribution >= 0.6 is 0 Å². The van der Waals surface area contributed by atoms with Gasteiger partial charge >= 0.3 is 0 Å². The van der Waals surface area contributed by atoms with Crippen molar-refractivity contribution in [3.63, 3.8) is 0 Å². The summed E-state index contributed by atoms with van der Waals surface area (Å²) in [6.07, 6.45) is 3.41. The third-order valence-corrected chi connectivity index (χ3v) is 4.04. The van der Waals surface area contributed by atoms with Crippen molar-refractivity contribution in [2.24, 2.45) is 5.73 Å². The van der Waals surface area contributed by atoms with Gasteiger partial charge in [-0.1, -0.05) is 18.2 Å². The number of benzene rings is 1. The number of methoxy groups -OCH3 is 1. The molecule has 0 saturated carbocycles. The van der Waals surface area contributed by atoms with Gasteiger partial charge in [-0.15, -0.1) is 0 Å². The Kier molecular flexibility index (Phi) is 4.61. The molecule has 0 aliphatic carbocycles. The highest BCUT2D eigenvalue weighted by molar-refractivity contribution is 5.33. The smallest absolute Gasteiger partial charge is 0.122 e. The summed E-state index contributed by atoms with van der Waals surface area (Å²) in [5, 5.41) is 0. The molecule has 1 aromatic carbocycles. The van der Waals surface area contributed by atoms with E-state index in [0.717, 1.165) is 25.1 Å². The highest BCUT2D eigenvalue weighted by Crippen LogP contribution is 2.20. The Labute approximate surface area is 110 Å². The summed E-state index contributed by atoms with van der Waals surface area (Å²) in [6.45, 7) is 4.48. The summed E-state index contributed by atoms with van der Waals surface area (Å²) in [6, 6.07) is 9.09. The first-order valence-corrected chi connectivity index (χ1v) is 6.84. The Morgan fingerprint density at radius 1 is 1.39 bits per heavy atom. The van der Waals surface area contributed by atoms with Gasteiger partial charge in [0.2, 0.25) is 0 Å². The molecule has 0 amide bonds. The Bertz CT molecular complexity index is 381. The van der Waals surface area contributed by atoms with E-state index in [1.165, 1.54) is 18.5 Å². The highest BCUT2D eigenvalue weighted by atomic mass is 16.5. The third-order valence-electron chi connectivity index (χ3n) is 4.04. The molecule has 0 spiro atoms. The van der Waals surface area contributed by atoms with Crippen LogP contribution in [-0.4, -0.2) is 37.2 Å². The number of ether oxygens (including phenoxy) is 1. The second-order valence-corrected chi connectivity index (χ2v) is 5.14. The fourth-order valence-electron chi connectivity index (χ4n) is 2.73. The summed E-state index contributed by atoms with van der Waals surface area (Å²) in [4.78, 5) is 2.50. The van der Waals surface area contributed by atoms with Crippen molar-refractivity contribution < 1.29 is 4.74 Å². The van der Waals surface area contributed by atoms with Crippen LogP contribution < -0.4 is 10.5 Å². The molecule has 0 radical (unpaired) electrons. The standard InChI is InChI=1S/C15H24N2O/c1-12-14(16)7-5-10-17(12)11-9-13-6-3-4-8-15(13)18-2/h3-4,6,8,12,14H,5,7,9-11,16H2,1-2H3. The number of nitrogens with zero attached hydrogens (tertiary/aromatic N) is 1. The van der Waals surface area contributed by atoms with Crippen LogP contribution in [0.1, 0.15) is 25.3 Å². The minimum Gasteiger partial charge on any atom is -0.496 e. The van der Waals surface area contributed by atoms with Crippen LogP contribution in [0, 0.1) is 0 Å². The average molecular weight is 248 g/mol. The maximum Gasteiger partial charge on any atom is 0.122 e. The molecular formula is C15H24N2O. The molecular weight excluding hydrogens is 224 g/mol. The fourth-order valence-corrected chi connectivity index (χ4v) is 2.73. The van der Waals surface area contributed by atoms with E-state index in [1.54, 1.807) is 7.11 Å². The molecule has 3 nitrogen and oxygen atoms in total. The molecule has 0 aromatic heterocycles. The van der Waals surface area contributed by atoms with Gasteiger partial charge < -0.3 is 10.5 Å². The molecule has 0 bridgehead atoms. The highest BCUT2D eigenvalue weighted by Gasteiger charge is 2.24. The quantitative estimate of drug-likeness (QED) is 0.886. The zero-order valence-corrected chi connectivity index (χ0v) is 11.4. The summed E-state index contributed by atoms with van der Waals surface area (Å²) in [5.74, 6) is 0.992. The van der Waals surface area contributed by atoms with Gasteiger partial charge in [-0.05, 0) is 44.4 Å². The van der Waals surface area contributed by atoms with E-state index in [4.69, 9.17) is 10.5 Å². The van der Waals surface area contributed by atoms with Crippen LogP contribution in [0.5, 0.6) is 5.75 Å². The van der Waals surface area contributed by atoms with Crippen molar-refractivity contribution in [1.29, 1.82) is 0 Å². The van der Waals surface area contributed by atoms with Gasteiger partial charge in [-0.25, -0.2) is 0 Å². The van der Waals surface area contributed by atoms with E-state index < -0.39 is 0 Å². The largest absolute Gasteiger partial charge is 0.496 e. The minimum absolute atomic E-state index is 0.330. The predicted molar refractivity (Wildman–Crippen MR) is 74.9 cm³/mol. The lowest BCUT2D eigenvalue weighted by molar-refractivity contribution is 0.142. The van der Waals surface area contributed by atoms with Crippen molar-refractivity contribution >= 4 is 0 Å². The van der Waals surface area contributed by atoms with Gasteiger partial charge in [-0.2, -0.15) is 0 Å². The average Bonchev–Trinajstić information content (AvgIpc) is 2.41. The van der Waals surface area contributed by atoms with Gasteiger partial charge in [0, 0.05) is 18.6 Å². The molecule has 100 valence electrons. The predicted octanol–water partition coefficient (Wildman–Crippen LogP) is 2.05. The molecule has 2 N–H and O–H groups in total. The summed E-state index contributed by atoms with van der Waals surface area (Å²) in [5.41, 5.74) is 7.41. The van der Waals surface area contributed by atoms with E-state index in [-0.39, 0.29) is 0 Å². The molecule has 1 aromatic rings. The van der Waals surface area contributed by atoms with E-state index >= 15 is 0 Å². The number of nitrogens with two attached hydrogens (primary N) is 1. The van der Waals surface area contributed by atoms with Crippen molar-refractivity contribution in [2.45, 2.75) is 38.3 Å². The van der Waals surface area contributed by atoms with Crippen molar-refractivity contribution in [3.8, 4) is 5.75 Å². The number of likely N-dealkylation sites (tertiary alicyclic amines) is 1. The number of piperidine rings is 1. The van der Waals surface area contributed by atoms with Crippen molar-refractivity contribution in [3.05, 3.63) is 29.8 Å². The van der Waals surface area contributed by atoms with Crippen LogP contribution in [0.15, 0.2) is 24.3 Å². The van der Waals surface area contributed by atoms with Crippen LogP contribution in [0.3, 0.4) is 0 Å². The summed E-state index contributed by atoms with van der Waals surface area (Å²) >= 11 is 0. The lowest BCUT2D eigenvalue weighted by atomic mass is 9.98. The lowest BCUT2D eigenvalue weighted by Gasteiger charge is -2.37. The second-order valence-electron chi connectivity index (χ2n) is 5.14. The Hall–Kier alpha value is -1.06. The maximum absolute atomic E-state index is 6.13. The Balaban J connectivity index is 1.94. The first kappa shape index (κ1) is 13.4. The molecule has 3 heteroatoms. The third kappa shape index (κ3) is 3.03. The summed E-state index contributed by atoms with van der Waals surface area (Å²) in [7, 11) is 1.73. The molecule has 2 atom stereocenters. The van der Waals surface area contributed by atoms with Gasteiger partial charge in [0.25, 0.3) is 0 Å².